The summed E-state index contributed by atoms with van der Waals surface area (Å²) in [5.41, 5.74) is 1.19. The first kappa shape index (κ1) is 14.1. The van der Waals surface area contributed by atoms with E-state index in [0.29, 0.717) is 6.04 Å². The van der Waals surface area contributed by atoms with Crippen LogP contribution in [0.4, 0.5) is 0 Å². The summed E-state index contributed by atoms with van der Waals surface area (Å²) in [7, 11) is 0. The van der Waals surface area contributed by atoms with Crippen LogP contribution in [0.5, 0.6) is 0 Å². The molecule has 0 aliphatic rings. The zero-order valence-corrected chi connectivity index (χ0v) is 13.3. The lowest BCUT2D eigenvalue weighted by Gasteiger charge is -2.17. The van der Waals surface area contributed by atoms with Gasteiger partial charge in [-0.1, -0.05) is 36.7 Å². The normalized spacial score (nSPS) is 12.6. The minimum atomic E-state index is 0.325. The molecule has 2 rings (SSSR count). The fraction of sp³-hybridized carbons (Fsp3) is 0.286. The van der Waals surface area contributed by atoms with Gasteiger partial charge in [-0.2, -0.15) is 0 Å². The third-order valence-electron chi connectivity index (χ3n) is 2.76. The number of hydrogen-bond acceptors (Lipinski definition) is 2. The molecule has 0 aliphatic heterocycles. The number of likely N-dealkylation sites (N-methyl/N-ethyl adjacent to an activating group) is 1. The maximum atomic E-state index is 6.23. The zero-order chi connectivity index (χ0) is 13.0. The summed E-state index contributed by atoms with van der Waals surface area (Å²) in [6, 6.07) is 10.5. The molecule has 0 amide bonds. The molecule has 1 heterocycles. The topological polar surface area (TPSA) is 12.0 Å². The molecule has 0 aliphatic carbocycles. The first-order valence-electron chi connectivity index (χ1n) is 5.91. The van der Waals surface area contributed by atoms with Crippen molar-refractivity contribution in [3.63, 3.8) is 0 Å². The van der Waals surface area contributed by atoms with Crippen molar-refractivity contribution in [2.24, 2.45) is 0 Å². The molecule has 0 saturated heterocycles. The predicted octanol–water partition coefficient (Wildman–Crippen LogP) is 5.06. The fourth-order valence-electron chi connectivity index (χ4n) is 1.91. The Labute approximate surface area is 125 Å². The van der Waals surface area contributed by atoms with Crippen molar-refractivity contribution in [1.29, 1.82) is 0 Å². The highest BCUT2D eigenvalue weighted by Crippen LogP contribution is 2.29. The van der Waals surface area contributed by atoms with E-state index in [4.69, 9.17) is 11.6 Å². The highest BCUT2D eigenvalue weighted by atomic mass is 79.9. The average Bonchev–Trinajstić information content (AvgIpc) is 2.78. The molecule has 0 saturated carbocycles. The van der Waals surface area contributed by atoms with E-state index in [2.05, 4.69) is 45.7 Å². The highest BCUT2D eigenvalue weighted by molar-refractivity contribution is 9.10. The van der Waals surface area contributed by atoms with Crippen LogP contribution >= 0.6 is 38.9 Å². The summed E-state index contributed by atoms with van der Waals surface area (Å²) >= 11 is 11.5. The standard InChI is InChI=1S/C14H15BrClNS/c1-2-17-13(14-8-11(15)9-18-14)7-10-5-3-4-6-12(10)16/h3-6,8-9,13,17H,2,7H2,1H3. The number of hydrogen-bond donors (Lipinski definition) is 1. The molecule has 1 aromatic carbocycles. The summed E-state index contributed by atoms with van der Waals surface area (Å²) < 4.78 is 1.14. The Balaban J connectivity index is 2.19. The lowest BCUT2D eigenvalue weighted by Crippen LogP contribution is -2.22. The van der Waals surface area contributed by atoms with Crippen molar-refractivity contribution in [2.75, 3.05) is 6.54 Å². The summed E-state index contributed by atoms with van der Waals surface area (Å²) in [5.74, 6) is 0. The van der Waals surface area contributed by atoms with Crippen LogP contribution < -0.4 is 5.32 Å². The van der Waals surface area contributed by atoms with Gasteiger partial charge >= 0.3 is 0 Å². The number of halogens is 2. The Hall–Kier alpha value is -0.350. The second-order valence-corrected chi connectivity index (χ2v) is 6.34. The lowest BCUT2D eigenvalue weighted by atomic mass is 10.0. The molecule has 1 aromatic heterocycles. The van der Waals surface area contributed by atoms with Gasteiger partial charge in [0.05, 0.1) is 0 Å². The minimum Gasteiger partial charge on any atom is -0.309 e. The van der Waals surface area contributed by atoms with Crippen molar-refractivity contribution >= 4 is 38.9 Å². The minimum absolute atomic E-state index is 0.325. The fourth-order valence-corrected chi connectivity index (χ4v) is 3.65. The van der Waals surface area contributed by atoms with Crippen LogP contribution in [0.15, 0.2) is 40.2 Å². The lowest BCUT2D eigenvalue weighted by molar-refractivity contribution is 0.558. The summed E-state index contributed by atoms with van der Waals surface area (Å²) in [4.78, 5) is 1.34. The van der Waals surface area contributed by atoms with Crippen LogP contribution in [-0.4, -0.2) is 6.54 Å². The number of benzene rings is 1. The quantitative estimate of drug-likeness (QED) is 0.799. The molecule has 0 bridgehead atoms. The van der Waals surface area contributed by atoms with Crippen molar-refractivity contribution < 1.29 is 0 Å². The summed E-state index contributed by atoms with van der Waals surface area (Å²) in [6.07, 6.45) is 0.917. The molecule has 0 fully saturated rings. The molecule has 0 radical (unpaired) electrons. The molecule has 1 atom stereocenters. The molecular formula is C14H15BrClNS. The van der Waals surface area contributed by atoms with Gasteiger partial charge in [-0.25, -0.2) is 0 Å². The molecule has 2 aromatic rings. The SMILES string of the molecule is CCNC(Cc1ccccc1Cl)c1cc(Br)cs1. The summed E-state index contributed by atoms with van der Waals surface area (Å²) in [5, 5.41) is 6.48. The molecule has 18 heavy (non-hydrogen) atoms. The monoisotopic (exact) mass is 343 g/mol. The van der Waals surface area contributed by atoms with Crippen LogP contribution in [0, 0.1) is 0 Å². The second-order valence-electron chi connectivity index (χ2n) is 4.07. The average molecular weight is 345 g/mol. The van der Waals surface area contributed by atoms with E-state index in [0.717, 1.165) is 22.5 Å². The summed E-state index contributed by atoms with van der Waals surface area (Å²) in [6.45, 7) is 3.08. The molecule has 96 valence electrons. The van der Waals surface area contributed by atoms with E-state index in [-0.39, 0.29) is 0 Å². The van der Waals surface area contributed by atoms with Crippen LogP contribution in [0.1, 0.15) is 23.4 Å². The van der Waals surface area contributed by atoms with Gasteiger partial charge in [0, 0.05) is 25.8 Å². The number of rotatable bonds is 5. The van der Waals surface area contributed by atoms with E-state index in [1.54, 1.807) is 11.3 Å². The van der Waals surface area contributed by atoms with Crippen LogP contribution in [0.3, 0.4) is 0 Å². The number of thiophene rings is 1. The van der Waals surface area contributed by atoms with Crippen molar-refractivity contribution in [3.05, 3.63) is 55.6 Å². The Morgan fingerprint density at radius 2 is 2.17 bits per heavy atom. The maximum absolute atomic E-state index is 6.23. The third kappa shape index (κ3) is 3.58. The maximum Gasteiger partial charge on any atom is 0.0456 e. The highest BCUT2D eigenvalue weighted by Gasteiger charge is 2.14. The first-order valence-corrected chi connectivity index (χ1v) is 7.96. The molecule has 1 unspecified atom stereocenters. The largest absolute Gasteiger partial charge is 0.309 e. The molecular weight excluding hydrogens is 330 g/mol. The molecule has 0 spiro atoms. The van der Waals surface area contributed by atoms with Gasteiger partial charge in [0.15, 0.2) is 0 Å². The third-order valence-corrected chi connectivity index (χ3v) is 4.94. The molecule has 4 heteroatoms. The van der Waals surface area contributed by atoms with Crippen molar-refractivity contribution in [1.82, 2.24) is 5.32 Å². The van der Waals surface area contributed by atoms with E-state index in [1.165, 1.54) is 10.4 Å². The first-order chi connectivity index (χ1) is 8.70. The predicted molar refractivity (Wildman–Crippen MR) is 83.6 cm³/mol. The van der Waals surface area contributed by atoms with E-state index >= 15 is 0 Å². The molecule has 1 N–H and O–H groups in total. The van der Waals surface area contributed by atoms with Crippen LogP contribution in [0.2, 0.25) is 5.02 Å². The van der Waals surface area contributed by atoms with E-state index in [1.807, 2.05) is 18.2 Å². The van der Waals surface area contributed by atoms with Gasteiger partial charge in [-0.15, -0.1) is 11.3 Å². The van der Waals surface area contributed by atoms with Crippen LogP contribution in [0.25, 0.3) is 0 Å². The Kier molecular flexibility index (Phi) is 5.25. The van der Waals surface area contributed by atoms with E-state index in [9.17, 15) is 0 Å². The molecule has 1 nitrogen and oxygen atoms in total. The second kappa shape index (κ2) is 6.71. The van der Waals surface area contributed by atoms with Gasteiger partial charge < -0.3 is 5.32 Å². The van der Waals surface area contributed by atoms with Gasteiger partial charge in [0.1, 0.15) is 0 Å². The van der Waals surface area contributed by atoms with Crippen molar-refractivity contribution in [2.45, 2.75) is 19.4 Å². The Bertz CT molecular complexity index is 512. The Morgan fingerprint density at radius 1 is 1.39 bits per heavy atom. The van der Waals surface area contributed by atoms with Gasteiger partial charge in [0.2, 0.25) is 0 Å². The smallest absolute Gasteiger partial charge is 0.0456 e. The van der Waals surface area contributed by atoms with Gasteiger partial charge in [-0.05, 0) is 46.6 Å². The Morgan fingerprint density at radius 3 is 2.78 bits per heavy atom. The zero-order valence-electron chi connectivity index (χ0n) is 10.1. The van der Waals surface area contributed by atoms with Crippen molar-refractivity contribution in [3.8, 4) is 0 Å². The van der Waals surface area contributed by atoms with Gasteiger partial charge in [-0.3, -0.25) is 0 Å². The van der Waals surface area contributed by atoms with Gasteiger partial charge in [0.25, 0.3) is 0 Å². The van der Waals surface area contributed by atoms with E-state index < -0.39 is 0 Å². The van der Waals surface area contributed by atoms with Crippen LogP contribution in [-0.2, 0) is 6.42 Å². The number of nitrogens with one attached hydrogen (secondary N) is 1.